The molecule has 1 aromatic rings. The van der Waals surface area contributed by atoms with Gasteiger partial charge < -0.3 is 4.74 Å². The maximum Gasteiger partial charge on any atom is 0.128 e. The van der Waals surface area contributed by atoms with E-state index in [0.29, 0.717) is 0 Å². The van der Waals surface area contributed by atoms with Crippen molar-refractivity contribution in [3.05, 3.63) is 23.0 Å². The Morgan fingerprint density at radius 3 is 2.38 bits per heavy atom. The molecule has 0 aromatic carbocycles. The third-order valence-electron chi connectivity index (χ3n) is 4.80. The second kappa shape index (κ2) is 6.93. The lowest BCUT2D eigenvalue weighted by atomic mass is 9.73. The maximum atomic E-state index is 9.78. The van der Waals surface area contributed by atoms with Crippen LogP contribution in [-0.2, 0) is 6.42 Å². The van der Waals surface area contributed by atoms with Crippen molar-refractivity contribution in [2.45, 2.75) is 65.2 Å². The van der Waals surface area contributed by atoms with Gasteiger partial charge in [-0.15, -0.1) is 0 Å². The first-order chi connectivity index (χ1) is 10.1. The number of nitrogens with zero attached hydrogens (tertiary/aromatic N) is 2. The van der Waals surface area contributed by atoms with Crippen LogP contribution < -0.4 is 4.74 Å². The smallest absolute Gasteiger partial charge is 0.128 e. The number of rotatable bonds is 3. The van der Waals surface area contributed by atoms with Crippen LogP contribution in [0.25, 0.3) is 0 Å². The van der Waals surface area contributed by atoms with Gasteiger partial charge in [-0.25, -0.2) is 0 Å². The first-order valence-electron chi connectivity index (χ1n) is 8.02. The summed E-state index contributed by atoms with van der Waals surface area (Å²) in [6.07, 6.45) is 10.8. The summed E-state index contributed by atoms with van der Waals surface area (Å²) in [5.41, 5.74) is 2.94. The van der Waals surface area contributed by atoms with Crippen LogP contribution >= 0.6 is 0 Å². The zero-order valence-corrected chi connectivity index (χ0v) is 13.5. The van der Waals surface area contributed by atoms with E-state index in [9.17, 15) is 5.26 Å². The van der Waals surface area contributed by atoms with E-state index in [2.05, 4.69) is 18.0 Å². The van der Waals surface area contributed by atoms with Gasteiger partial charge >= 0.3 is 0 Å². The maximum absolute atomic E-state index is 9.78. The van der Waals surface area contributed by atoms with Crippen molar-refractivity contribution in [1.82, 2.24) is 4.98 Å². The molecule has 1 aromatic heterocycles. The number of aryl methyl sites for hydroxylation is 1. The van der Waals surface area contributed by atoms with Gasteiger partial charge in [0.2, 0.25) is 0 Å². The van der Waals surface area contributed by atoms with Crippen LogP contribution in [0.15, 0.2) is 6.20 Å². The summed E-state index contributed by atoms with van der Waals surface area (Å²) < 4.78 is 5.49. The number of nitriles is 1. The number of ether oxygens (including phenoxy) is 1. The molecule has 2 rings (SSSR count). The fourth-order valence-electron chi connectivity index (χ4n) is 3.48. The Morgan fingerprint density at radius 2 is 1.81 bits per heavy atom. The van der Waals surface area contributed by atoms with Crippen molar-refractivity contribution in [1.29, 1.82) is 5.26 Å². The Kier molecular flexibility index (Phi) is 5.22. The molecule has 3 nitrogen and oxygen atoms in total. The van der Waals surface area contributed by atoms with Crippen LogP contribution in [0.5, 0.6) is 5.75 Å². The van der Waals surface area contributed by atoms with Gasteiger partial charge in [0.05, 0.1) is 18.6 Å². The van der Waals surface area contributed by atoms with Crippen LogP contribution in [0.4, 0.5) is 0 Å². The third-order valence-corrected chi connectivity index (χ3v) is 4.80. The van der Waals surface area contributed by atoms with Crippen molar-refractivity contribution < 1.29 is 4.74 Å². The Bertz CT molecular complexity index is 523. The van der Waals surface area contributed by atoms with E-state index in [1.54, 1.807) is 7.11 Å². The van der Waals surface area contributed by atoms with Crippen molar-refractivity contribution in [3.63, 3.8) is 0 Å². The first-order valence-corrected chi connectivity index (χ1v) is 8.02. The predicted octanol–water partition coefficient (Wildman–Crippen LogP) is 4.50. The number of methoxy groups -OCH3 is 1. The molecule has 0 radical (unpaired) electrons. The molecule has 1 heterocycles. The second-order valence-corrected chi connectivity index (χ2v) is 6.38. The summed E-state index contributed by atoms with van der Waals surface area (Å²) >= 11 is 0. The number of hydrogen-bond donors (Lipinski definition) is 0. The van der Waals surface area contributed by atoms with Crippen molar-refractivity contribution >= 4 is 0 Å². The zero-order chi connectivity index (χ0) is 15.3. The fraction of sp³-hybridized carbons (Fsp3) is 0.667. The van der Waals surface area contributed by atoms with Crippen LogP contribution in [0.1, 0.15) is 61.8 Å². The highest BCUT2D eigenvalue weighted by atomic mass is 16.5. The molecular weight excluding hydrogens is 260 g/mol. The first kappa shape index (κ1) is 15.8. The molecule has 0 bridgehead atoms. The molecule has 3 heteroatoms. The Labute approximate surface area is 128 Å². The summed E-state index contributed by atoms with van der Waals surface area (Å²) in [7, 11) is 1.70. The topological polar surface area (TPSA) is 45.9 Å². The molecule has 0 N–H and O–H groups in total. The zero-order valence-electron chi connectivity index (χ0n) is 13.5. The highest BCUT2D eigenvalue weighted by Crippen LogP contribution is 2.38. The molecule has 0 spiro atoms. The van der Waals surface area contributed by atoms with E-state index in [1.807, 2.05) is 13.1 Å². The minimum Gasteiger partial charge on any atom is -0.496 e. The summed E-state index contributed by atoms with van der Waals surface area (Å²) in [6.45, 7) is 4.07. The Balaban J connectivity index is 2.27. The molecule has 0 aliphatic heterocycles. The van der Waals surface area contributed by atoms with Gasteiger partial charge in [0.15, 0.2) is 0 Å². The van der Waals surface area contributed by atoms with Gasteiger partial charge in [-0.3, -0.25) is 4.98 Å². The highest BCUT2D eigenvalue weighted by Gasteiger charge is 2.32. The van der Waals surface area contributed by atoms with Crippen LogP contribution in [0, 0.1) is 30.6 Å². The molecule has 114 valence electrons. The number of pyridine rings is 1. The van der Waals surface area contributed by atoms with Gasteiger partial charge in [-0.1, -0.05) is 32.1 Å². The fourth-order valence-corrected chi connectivity index (χ4v) is 3.48. The summed E-state index contributed by atoms with van der Waals surface area (Å²) in [4.78, 5) is 4.60. The third kappa shape index (κ3) is 3.56. The summed E-state index contributed by atoms with van der Waals surface area (Å²) in [5.74, 6) is 0.916. The average molecular weight is 286 g/mol. The minimum atomic E-state index is -0.238. The Morgan fingerprint density at radius 1 is 1.19 bits per heavy atom. The lowest BCUT2D eigenvalue weighted by molar-refractivity contribution is 0.284. The molecule has 0 unspecified atom stereocenters. The lowest BCUT2D eigenvalue weighted by Gasteiger charge is -2.29. The number of aromatic nitrogens is 1. The quantitative estimate of drug-likeness (QED) is 0.821. The minimum absolute atomic E-state index is 0.238. The van der Waals surface area contributed by atoms with E-state index >= 15 is 0 Å². The molecule has 0 saturated heterocycles. The van der Waals surface area contributed by atoms with E-state index in [0.717, 1.165) is 54.7 Å². The lowest BCUT2D eigenvalue weighted by Crippen LogP contribution is -2.24. The summed E-state index contributed by atoms with van der Waals surface area (Å²) in [6, 6.07) is 2.63. The van der Waals surface area contributed by atoms with Gasteiger partial charge in [0.1, 0.15) is 5.75 Å². The molecule has 21 heavy (non-hydrogen) atoms. The molecule has 0 atom stereocenters. The van der Waals surface area contributed by atoms with E-state index in [1.165, 1.54) is 19.3 Å². The normalized spacial score (nSPS) is 18.4. The SMILES string of the molecule is COc1c(C)cnc(CC2(C#N)CCCCCCC2)c1C. The standard InChI is InChI=1S/C18H26N2O/c1-14-12-20-16(15(2)17(14)21-3)11-18(13-19)9-7-5-4-6-8-10-18/h12H,4-11H2,1-3H3. The van der Waals surface area contributed by atoms with E-state index < -0.39 is 0 Å². The largest absolute Gasteiger partial charge is 0.496 e. The van der Waals surface area contributed by atoms with E-state index in [-0.39, 0.29) is 5.41 Å². The van der Waals surface area contributed by atoms with Crippen LogP contribution in [0.3, 0.4) is 0 Å². The average Bonchev–Trinajstić information content (AvgIpc) is 2.45. The Hall–Kier alpha value is -1.56. The van der Waals surface area contributed by atoms with E-state index in [4.69, 9.17) is 4.74 Å². The monoisotopic (exact) mass is 286 g/mol. The number of hydrogen-bond acceptors (Lipinski definition) is 3. The van der Waals surface area contributed by atoms with Crippen molar-refractivity contribution in [2.75, 3.05) is 7.11 Å². The van der Waals surface area contributed by atoms with Gasteiger partial charge in [0, 0.05) is 29.4 Å². The van der Waals surface area contributed by atoms with Crippen molar-refractivity contribution in [2.24, 2.45) is 5.41 Å². The van der Waals surface area contributed by atoms with Crippen LogP contribution in [0.2, 0.25) is 0 Å². The molecule has 1 aliphatic carbocycles. The van der Waals surface area contributed by atoms with Gasteiger partial charge in [-0.05, 0) is 26.7 Å². The molecule has 0 amide bonds. The predicted molar refractivity (Wildman–Crippen MR) is 84.3 cm³/mol. The highest BCUT2D eigenvalue weighted by molar-refractivity contribution is 5.41. The van der Waals surface area contributed by atoms with Crippen molar-refractivity contribution in [3.8, 4) is 11.8 Å². The molecule has 1 aliphatic rings. The van der Waals surface area contributed by atoms with Crippen LogP contribution in [-0.4, -0.2) is 12.1 Å². The second-order valence-electron chi connectivity index (χ2n) is 6.38. The van der Waals surface area contributed by atoms with Gasteiger partial charge in [0.25, 0.3) is 0 Å². The molecule has 1 fully saturated rings. The molecular formula is C18H26N2O. The summed E-state index contributed by atoms with van der Waals surface area (Å²) in [5, 5.41) is 9.78. The molecule has 1 saturated carbocycles. The van der Waals surface area contributed by atoms with Gasteiger partial charge in [-0.2, -0.15) is 5.26 Å².